The Hall–Kier alpha value is -7.68. The van der Waals surface area contributed by atoms with E-state index in [1.807, 2.05) is 43.5 Å². The smallest absolute Gasteiger partial charge is 0.246 e. The molecule has 8 atom stereocenters. The van der Waals surface area contributed by atoms with Crippen LogP contribution in [0.5, 0.6) is 0 Å². The second kappa shape index (κ2) is 25.0. The van der Waals surface area contributed by atoms with Crippen molar-refractivity contribution in [1.82, 2.24) is 61.9 Å². The highest BCUT2D eigenvalue weighted by Gasteiger charge is 2.46. The number of halogens is 1. The third kappa shape index (κ3) is 13.7. The van der Waals surface area contributed by atoms with Gasteiger partial charge < -0.3 is 53.0 Å². The highest BCUT2D eigenvalue weighted by atomic mass is 35.5. The number of carbonyl (C=O) groups is 9. The molecule has 2 fully saturated rings. The number of aryl methyl sites for hydroxylation is 3. The number of fused-ring (bicyclic) bond motifs is 4. The number of nitrogens with zero attached hydrogens (tertiary/aromatic N) is 6. The van der Waals surface area contributed by atoms with Crippen molar-refractivity contribution in [3.63, 3.8) is 0 Å². The average Bonchev–Trinajstić information content (AvgIpc) is 4.29. The maximum Gasteiger partial charge on any atom is 0.246 e. The minimum absolute atomic E-state index is 0.203. The van der Waals surface area contributed by atoms with Crippen LogP contribution in [0.2, 0.25) is 5.02 Å². The molecule has 24 nitrogen and oxygen atoms in total. The Morgan fingerprint density at radius 2 is 1.59 bits per heavy atom. The molecule has 4 aliphatic rings. The highest BCUT2D eigenvalue weighted by Crippen LogP contribution is 2.40. The Morgan fingerprint density at radius 3 is 2.25 bits per heavy atom. The van der Waals surface area contributed by atoms with Crippen LogP contribution < -0.4 is 43.0 Å². The number of primary amides is 1. The lowest BCUT2D eigenvalue weighted by atomic mass is 9.85. The van der Waals surface area contributed by atoms with Crippen LogP contribution in [-0.2, 0) is 43.2 Å². The first-order valence-electron chi connectivity index (χ1n) is 26.3. The lowest BCUT2D eigenvalue weighted by Crippen LogP contribution is -2.60. The second-order valence-corrected chi connectivity index (χ2v) is 24.0. The minimum atomic E-state index is -1.65. The van der Waals surface area contributed by atoms with Gasteiger partial charge in [0.05, 0.1) is 47.4 Å². The van der Waals surface area contributed by atoms with Gasteiger partial charge in [0.1, 0.15) is 47.1 Å². The van der Waals surface area contributed by atoms with Crippen molar-refractivity contribution in [2.24, 2.45) is 22.1 Å². The van der Waals surface area contributed by atoms with Gasteiger partial charge >= 0.3 is 0 Å². The van der Waals surface area contributed by atoms with E-state index in [9.17, 15) is 48.3 Å². The molecular formula is C54H65ClN14O10S2. The van der Waals surface area contributed by atoms with Gasteiger partial charge in [0, 0.05) is 52.9 Å². The lowest BCUT2D eigenvalue weighted by molar-refractivity contribution is -0.144. The molecule has 0 bridgehead atoms. The zero-order valence-corrected chi connectivity index (χ0v) is 48.1. The Kier molecular flexibility index (Phi) is 18.3. The van der Waals surface area contributed by atoms with Crippen molar-refractivity contribution < 1.29 is 48.3 Å². The standard InChI is InChI=1S/C54H65ClN14O10S2/c1-25-27(3)81-53-42(25)43(29-12-14-32(55)15-13-29)62-35(47-67-66-28(4)69(47)53)19-39(72)57-20-36-49(76)63-34(16-17-38(56)71)48(75)58-22-41(74)64-46(54(5,6)7)52(79)68-23-33(70)18-37(68)50(77)65-44(51(78)59-21-40(73)61-36)30-8-10-31(11-9-30)45-26(2)60-24-80-45/h8,10-15,24,30,33-37,44,46,70H,9,16-23H2,1-7H3,(H2,56,71)(H,57,72)(H,58,75)(H,59,78)(H,61,73)(H,63,76)(H,64,74)(H,65,77)/t30?,33-,34+,35+,36-,37+,44+,46-/m1/s1. The number of amides is 9. The van der Waals surface area contributed by atoms with E-state index in [1.165, 1.54) is 22.7 Å². The number of nitrogens with two attached hydrogens (primary N) is 1. The molecule has 0 saturated carbocycles. The van der Waals surface area contributed by atoms with Gasteiger partial charge in [-0.05, 0) is 69.2 Å². The predicted molar refractivity (Wildman–Crippen MR) is 301 cm³/mol. The first-order chi connectivity index (χ1) is 38.4. The average molecular weight is 1170 g/mol. The number of hydrogen-bond acceptors (Lipinski definition) is 16. The molecule has 9 amide bonds. The topological polar surface area (TPSA) is 343 Å². The van der Waals surface area contributed by atoms with E-state index in [0.29, 0.717) is 22.4 Å². The molecular weight excluding hydrogens is 1100 g/mol. The van der Waals surface area contributed by atoms with Crippen LogP contribution >= 0.6 is 34.3 Å². The van der Waals surface area contributed by atoms with Crippen molar-refractivity contribution in [3.05, 3.63) is 96.8 Å². The summed E-state index contributed by atoms with van der Waals surface area (Å²) < 4.78 is 1.86. The van der Waals surface area contributed by atoms with E-state index in [-0.39, 0.29) is 32.2 Å². The van der Waals surface area contributed by atoms with Crippen LogP contribution in [-0.4, -0.2) is 151 Å². The van der Waals surface area contributed by atoms with Gasteiger partial charge in [-0.3, -0.25) is 52.7 Å². The zero-order chi connectivity index (χ0) is 58.6. The van der Waals surface area contributed by atoms with Gasteiger partial charge in [0.15, 0.2) is 5.82 Å². The summed E-state index contributed by atoms with van der Waals surface area (Å²) in [5.41, 5.74) is 10.9. The van der Waals surface area contributed by atoms with E-state index < -0.39 is 133 Å². The molecule has 1 unspecified atom stereocenters. The zero-order valence-electron chi connectivity index (χ0n) is 45.7. The summed E-state index contributed by atoms with van der Waals surface area (Å²) in [5, 5.41) is 39.2. The summed E-state index contributed by atoms with van der Waals surface area (Å²) in [6.07, 6.45) is 3.23. The molecule has 8 rings (SSSR count). The second-order valence-electron chi connectivity index (χ2n) is 21.5. The highest BCUT2D eigenvalue weighted by molar-refractivity contribution is 7.15. The molecule has 1 aromatic carbocycles. The molecule has 0 spiro atoms. The van der Waals surface area contributed by atoms with E-state index in [0.717, 1.165) is 47.6 Å². The summed E-state index contributed by atoms with van der Waals surface area (Å²) in [5.74, 6) is -7.30. The molecule has 3 aromatic heterocycles. The van der Waals surface area contributed by atoms with Gasteiger partial charge in [-0.25, -0.2) is 4.98 Å². The number of nitrogens with one attached hydrogen (secondary N) is 7. The fourth-order valence-electron chi connectivity index (χ4n) is 10.0. The van der Waals surface area contributed by atoms with Crippen molar-refractivity contribution >= 4 is 98.7 Å². The summed E-state index contributed by atoms with van der Waals surface area (Å²) in [6.45, 7) is 10.3. The molecule has 27 heteroatoms. The largest absolute Gasteiger partial charge is 0.391 e. The maximum absolute atomic E-state index is 14.5. The third-order valence-electron chi connectivity index (χ3n) is 14.5. The number of aliphatic hydroxyl groups excluding tert-OH is 1. The number of hydrogen-bond donors (Lipinski definition) is 9. The molecule has 2 saturated heterocycles. The quantitative estimate of drug-likeness (QED) is 0.108. The van der Waals surface area contributed by atoms with Crippen LogP contribution in [0.25, 0.3) is 10.6 Å². The van der Waals surface area contributed by atoms with Gasteiger partial charge in [-0.2, -0.15) is 0 Å². The van der Waals surface area contributed by atoms with Crippen LogP contribution in [0.1, 0.15) is 103 Å². The number of allylic oxidation sites excluding steroid dienone is 3. The third-order valence-corrected chi connectivity index (χ3v) is 16.9. The fourth-order valence-corrected chi connectivity index (χ4v) is 12.2. The predicted octanol–water partition coefficient (Wildman–Crippen LogP) is 1.19. The lowest BCUT2D eigenvalue weighted by Gasteiger charge is -2.36. The Labute approximate surface area is 479 Å². The number of aliphatic imine (C=N–C) groups is 1. The summed E-state index contributed by atoms with van der Waals surface area (Å²) in [7, 11) is 0. The van der Waals surface area contributed by atoms with Crippen LogP contribution in [0.3, 0.4) is 0 Å². The number of carbonyl (C=O) groups excluding carboxylic acids is 9. The number of thiophene rings is 1. The number of aromatic nitrogens is 4. The van der Waals surface area contributed by atoms with Gasteiger partial charge in [-0.1, -0.05) is 62.7 Å². The molecule has 4 aromatic rings. The van der Waals surface area contributed by atoms with Crippen molar-refractivity contribution in [2.45, 2.75) is 123 Å². The van der Waals surface area contributed by atoms with Gasteiger partial charge in [-0.15, -0.1) is 32.9 Å². The number of aliphatic hydroxyl groups is 1. The van der Waals surface area contributed by atoms with E-state index in [2.05, 4.69) is 52.4 Å². The van der Waals surface area contributed by atoms with Crippen molar-refractivity contribution in [1.29, 1.82) is 0 Å². The van der Waals surface area contributed by atoms with Crippen LogP contribution in [0.15, 0.2) is 53.0 Å². The van der Waals surface area contributed by atoms with Crippen LogP contribution in [0.4, 0.5) is 0 Å². The maximum atomic E-state index is 14.5. The van der Waals surface area contributed by atoms with Crippen LogP contribution in [0, 0.1) is 39.0 Å². The van der Waals surface area contributed by atoms with E-state index in [4.69, 9.17) is 22.3 Å². The molecule has 430 valence electrons. The SMILES string of the molecule is Cc1ncsc1C1=CCC([C@@H]2NC(=O)[C@@H]3C[C@@H](O)CN3C(=O)[C@H](C(C)(C)C)NC(=O)CNC(=O)[C@H](CCC(N)=O)NC(=O)[C@@H](CNC(=O)C[C@@H]3N=C(c4ccc(Cl)cc4)c4c(sc(C)c4C)-n4c(C)nnc43)NC(=O)CNC2=O)C=C1. The Balaban J connectivity index is 1.09. The summed E-state index contributed by atoms with van der Waals surface area (Å²) >= 11 is 9.25. The minimum Gasteiger partial charge on any atom is -0.391 e. The first kappa shape index (κ1) is 59.4. The number of thiazole rings is 1. The summed E-state index contributed by atoms with van der Waals surface area (Å²) in [6, 6.07) is -0.965. The molecule has 6 heterocycles. The van der Waals surface area contributed by atoms with Gasteiger partial charge in [0.25, 0.3) is 0 Å². The molecule has 0 radical (unpaired) electrons. The Bertz CT molecular complexity index is 3250. The van der Waals surface area contributed by atoms with Gasteiger partial charge in [0.2, 0.25) is 53.2 Å². The molecule has 10 N–H and O–H groups in total. The first-order valence-corrected chi connectivity index (χ1v) is 28.4. The molecule has 81 heavy (non-hydrogen) atoms. The van der Waals surface area contributed by atoms with E-state index >= 15 is 0 Å². The fraction of sp³-hybridized carbons (Fsp3) is 0.463. The van der Waals surface area contributed by atoms with Crippen molar-refractivity contribution in [3.8, 4) is 5.00 Å². The summed E-state index contributed by atoms with van der Waals surface area (Å²) in [4.78, 5) is 138. The van der Waals surface area contributed by atoms with E-state index in [1.54, 1.807) is 57.5 Å². The molecule has 3 aliphatic heterocycles. The Morgan fingerprint density at radius 1 is 0.889 bits per heavy atom. The monoisotopic (exact) mass is 1170 g/mol. The van der Waals surface area contributed by atoms with Crippen molar-refractivity contribution in [2.75, 3.05) is 26.2 Å². The number of rotatable bonds is 10. The molecule has 1 aliphatic carbocycles. The number of benzene rings is 1. The normalized spacial score (nSPS) is 24.3.